The van der Waals surface area contributed by atoms with E-state index in [2.05, 4.69) is 48.4 Å². The Labute approximate surface area is 121 Å². The molecule has 106 valence electrons. The van der Waals surface area contributed by atoms with Gasteiger partial charge in [0.25, 0.3) is 0 Å². The van der Waals surface area contributed by atoms with E-state index in [0.717, 1.165) is 36.4 Å². The first kappa shape index (κ1) is 13.6. The van der Waals surface area contributed by atoms with Crippen LogP contribution in [0, 0.1) is 11.8 Å². The Bertz CT molecular complexity index is 576. The molecule has 0 saturated heterocycles. The predicted molar refractivity (Wildman–Crippen MR) is 84.9 cm³/mol. The van der Waals surface area contributed by atoms with Gasteiger partial charge in [0.15, 0.2) is 0 Å². The fraction of sp³-hybridized carbons (Fsp3) is 0.500. The minimum Gasteiger partial charge on any atom is -0.316 e. The third kappa shape index (κ3) is 2.85. The van der Waals surface area contributed by atoms with Crippen LogP contribution in [0.15, 0.2) is 36.5 Å². The van der Waals surface area contributed by atoms with E-state index in [0.29, 0.717) is 0 Å². The number of benzene rings is 1. The number of pyridine rings is 1. The first-order valence-electron chi connectivity index (χ1n) is 7.79. The summed E-state index contributed by atoms with van der Waals surface area (Å²) in [7, 11) is 0. The fourth-order valence-corrected chi connectivity index (χ4v) is 3.13. The summed E-state index contributed by atoms with van der Waals surface area (Å²) in [6, 6.07) is 11.0. The van der Waals surface area contributed by atoms with E-state index in [-0.39, 0.29) is 0 Å². The van der Waals surface area contributed by atoms with Crippen LogP contribution < -0.4 is 5.32 Å². The Morgan fingerprint density at radius 2 is 2.15 bits per heavy atom. The van der Waals surface area contributed by atoms with Crippen LogP contribution in [-0.4, -0.2) is 18.1 Å². The zero-order valence-corrected chi connectivity index (χ0v) is 12.5. The highest BCUT2D eigenvalue weighted by atomic mass is 14.9. The maximum atomic E-state index is 4.40. The summed E-state index contributed by atoms with van der Waals surface area (Å²) in [6.45, 7) is 6.82. The van der Waals surface area contributed by atoms with Crippen molar-refractivity contribution in [3.05, 3.63) is 42.1 Å². The number of aromatic nitrogens is 1. The lowest BCUT2D eigenvalue weighted by atomic mass is 9.70. The van der Waals surface area contributed by atoms with Crippen molar-refractivity contribution >= 4 is 10.9 Å². The van der Waals surface area contributed by atoms with Crippen LogP contribution in [0.25, 0.3) is 10.9 Å². The molecule has 0 amide bonds. The Balaban J connectivity index is 1.68. The molecule has 1 N–H and O–H groups in total. The topological polar surface area (TPSA) is 24.9 Å². The minimum atomic E-state index is 0.735. The standard InChI is InChI=1S/C18H24N2/c1-13(2)11-19-12-16-5-7-17(16)14-6-8-18-15(10-14)4-3-9-20-18/h3-4,6,8-10,13,16-17,19H,5,7,11-12H2,1-2H3. The summed E-state index contributed by atoms with van der Waals surface area (Å²) in [4.78, 5) is 4.40. The van der Waals surface area contributed by atoms with Gasteiger partial charge in [-0.15, -0.1) is 0 Å². The quantitative estimate of drug-likeness (QED) is 0.887. The highest BCUT2D eigenvalue weighted by Gasteiger charge is 2.31. The molecule has 1 fully saturated rings. The summed E-state index contributed by atoms with van der Waals surface area (Å²) in [5.41, 5.74) is 2.60. The highest BCUT2D eigenvalue weighted by molar-refractivity contribution is 5.79. The third-order valence-corrected chi connectivity index (χ3v) is 4.43. The largest absolute Gasteiger partial charge is 0.316 e. The van der Waals surface area contributed by atoms with Crippen LogP contribution in [0.3, 0.4) is 0 Å². The van der Waals surface area contributed by atoms with E-state index in [9.17, 15) is 0 Å². The van der Waals surface area contributed by atoms with Gasteiger partial charge in [-0.05, 0) is 67.4 Å². The first-order chi connectivity index (χ1) is 9.74. The number of rotatable bonds is 5. The normalized spacial score (nSPS) is 22.1. The van der Waals surface area contributed by atoms with Gasteiger partial charge < -0.3 is 5.32 Å². The zero-order chi connectivity index (χ0) is 13.9. The third-order valence-electron chi connectivity index (χ3n) is 4.43. The summed E-state index contributed by atoms with van der Waals surface area (Å²) < 4.78 is 0. The number of hydrogen-bond donors (Lipinski definition) is 1. The molecule has 0 aliphatic heterocycles. The summed E-state index contributed by atoms with van der Waals surface area (Å²) in [5, 5.41) is 4.88. The van der Waals surface area contributed by atoms with Gasteiger partial charge in [0.05, 0.1) is 5.52 Å². The van der Waals surface area contributed by atoms with Crippen LogP contribution in [0.4, 0.5) is 0 Å². The average molecular weight is 268 g/mol. The molecule has 1 aromatic carbocycles. The van der Waals surface area contributed by atoms with Crippen molar-refractivity contribution in [3.8, 4) is 0 Å². The van der Waals surface area contributed by atoms with Gasteiger partial charge in [-0.3, -0.25) is 4.98 Å². The van der Waals surface area contributed by atoms with Crippen LogP contribution in [0.1, 0.15) is 38.2 Å². The number of nitrogens with zero attached hydrogens (tertiary/aromatic N) is 1. The van der Waals surface area contributed by atoms with Crippen LogP contribution in [0.2, 0.25) is 0 Å². The molecule has 1 heterocycles. The van der Waals surface area contributed by atoms with Crippen molar-refractivity contribution in [1.82, 2.24) is 10.3 Å². The van der Waals surface area contributed by atoms with Gasteiger partial charge in [0.2, 0.25) is 0 Å². The fourth-order valence-electron chi connectivity index (χ4n) is 3.13. The lowest BCUT2D eigenvalue weighted by Crippen LogP contribution is -2.35. The molecule has 2 unspecified atom stereocenters. The van der Waals surface area contributed by atoms with E-state index in [1.807, 2.05) is 12.3 Å². The molecule has 3 rings (SSSR count). The Morgan fingerprint density at radius 1 is 1.25 bits per heavy atom. The molecular weight excluding hydrogens is 244 g/mol. The minimum absolute atomic E-state index is 0.735. The molecule has 1 aliphatic rings. The molecule has 0 bridgehead atoms. The summed E-state index contributed by atoms with van der Waals surface area (Å²) >= 11 is 0. The molecule has 2 nitrogen and oxygen atoms in total. The number of fused-ring (bicyclic) bond motifs is 1. The second-order valence-electron chi connectivity index (χ2n) is 6.45. The van der Waals surface area contributed by atoms with Gasteiger partial charge in [-0.2, -0.15) is 0 Å². The Hall–Kier alpha value is -1.41. The maximum absolute atomic E-state index is 4.40. The van der Waals surface area contributed by atoms with E-state index in [4.69, 9.17) is 0 Å². The molecule has 1 saturated carbocycles. The van der Waals surface area contributed by atoms with Gasteiger partial charge in [0.1, 0.15) is 0 Å². The van der Waals surface area contributed by atoms with E-state index >= 15 is 0 Å². The second kappa shape index (κ2) is 5.92. The van der Waals surface area contributed by atoms with Crippen molar-refractivity contribution in [2.45, 2.75) is 32.6 Å². The smallest absolute Gasteiger partial charge is 0.0702 e. The zero-order valence-electron chi connectivity index (χ0n) is 12.5. The maximum Gasteiger partial charge on any atom is 0.0702 e. The summed E-state index contributed by atoms with van der Waals surface area (Å²) in [5.74, 6) is 2.28. The molecule has 1 aromatic heterocycles. The van der Waals surface area contributed by atoms with E-state index in [1.165, 1.54) is 23.8 Å². The van der Waals surface area contributed by atoms with Gasteiger partial charge in [-0.25, -0.2) is 0 Å². The van der Waals surface area contributed by atoms with E-state index in [1.54, 1.807) is 0 Å². The summed E-state index contributed by atoms with van der Waals surface area (Å²) in [6.07, 6.45) is 4.56. The number of nitrogens with one attached hydrogen (secondary N) is 1. The molecule has 2 aromatic rings. The van der Waals surface area contributed by atoms with Crippen LogP contribution in [-0.2, 0) is 0 Å². The van der Waals surface area contributed by atoms with E-state index < -0.39 is 0 Å². The SMILES string of the molecule is CC(C)CNCC1CCC1c1ccc2ncccc2c1. The van der Waals surface area contributed by atoms with Crippen molar-refractivity contribution < 1.29 is 0 Å². The molecule has 0 radical (unpaired) electrons. The molecular formula is C18H24N2. The lowest BCUT2D eigenvalue weighted by Gasteiger charge is -2.37. The van der Waals surface area contributed by atoms with Crippen molar-refractivity contribution in [3.63, 3.8) is 0 Å². The Morgan fingerprint density at radius 3 is 2.90 bits per heavy atom. The van der Waals surface area contributed by atoms with Gasteiger partial charge in [0, 0.05) is 11.6 Å². The lowest BCUT2D eigenvalue weighted by molar-refractivity contribution is 0.243. The Kier molecular flexibility index (Phi) is 4.02. The van der Waals surface area contributed by atoms with Crippen LogP contribution >= 0.6 is 0 Å². The average Bonchev–Trinajstić information content (AvgIpc) is 2.42. The van der Waals surface area contributed by atoms with Gasteiger partial charge >= 0.3 is 0 Å². The van der Waals surface area contributed by atoms with Crippen LogP contribution in [0.5, 0.6) is 0 Å². The molecule has 0 spiro atoms. The van der Waals surface area contributed by atoms with Crippen molar-refractivity contribution in [2.24, 2.45) is 11.8 Å². The molecule has 2 heteroatoms. The second-order valence-corrected chi connectivity index (χ2v) is 6.45. The first-order valence-corrected chi connectivity index (χ1v) is 7.79. The van der Waals surface area contributed by atoms with Crippen molar-refractivity contribution in [1.29, 1.82) is 0 Å². The monoisotopic (exact) mass is 268 g/mol. The van der Waals surface area contributed by atoms with Crippen molar-refractivity contribution in [2.75, 3.05) is 13.1 Å². The van der Waals surface area contributed by atoms with Gasteiger partial charge in [-0.1, -0.05) is 26.0 Å². The molecule has 20 heavy (non-hydrogen) atoms. The molecule has 1 aliphatic carbocycles. The molecule has 2 atom stereocenters. The number of hydrogen-bond acceptors (Lipinski definition) is 2. The predicted octanol–water partition coefficient (Wildman–Crippen LogP) is 3.97. The highest BCUT2D eigenvalue weighted by Crippen LogP contribution is 2.42.